The normalized spacial score (nSPS) is 8.21. The smallest absolute Gasteiger partial charge is 0.176 e. The quantitative estimate of drug-likeness (QED) is 0.575. The topological polar surface area (TPSA) is 35.8 Å². The summed E-state index contributed by atoms with van der Waals surface area (Å²) < 4.78 is 0. The lowest BCUT2D eigenvalue weighted by Crippen LogP contribution is -2.04. The van der Waals surface area contributed by atoms with Gasteiger partial charge in [-0.2, -0.15) is 5.26 Å². The molecule has 1 aromatic carbocycles. The molecule has 0 aliphatic heterocycles. The molecule has 76 valence electrons. The second kappa shape index (κ2) is 6.97. The van der Waals surface area contributed by atoms with Crippen molar-refractivity contribution in [1.29, 1.82) is 5.26 Å². The molecule has 0 saturated carbocycles. The van der Waals surface area contributed by atoms with Crippen LogP contribution in [0.5, 0.6) is 0 Å². The van der Waals surface area contributed by atoms with Crippen molar-refractivity contribution in [3.8, 4) is 6.19 Å². The molecule has 14 heavy (non-hydrogen) atoms. The van der Waals surface area contributed by atoms with E-state index in [1.807, 2.05) is 26.1 Å². The molecule has 1 N–H and O–H groups in total. The predicted molar refractivity (Wildman–Crippen MR) is 59.7 cm³/mol. The average Bonchev–Trinajstić information content (AvgIpc) is 2.23. The molecule has 0 radical (unpaired) electrons. The molecule has 0 unspecified atom stereocenters. The lowest BCUT2D eigenvalue weighted by atomic mass is 10.1. The van der Waals surface area contributed by atoms with Crippen LogP contribution in [-0.2, 0) is 6.54 Å². The number of hydrogen-bond donors (Lipinski definition) is 1. The number of nitrogens with zero attached hydrogens (tertiary/aromatic N) is 1. The highest BCUT2D eigenvalue weighted by Crippen LogP contribution is 2.09. The van der Waals surface area contributed by atoms with E-state index in [2.05, 4.69) is 31.3 Å². The van der Waals surface area contributed by atoms with Crippen molar-refractivity contribution < 1.29 is 0 Å². The molecular formula is C12H18N2. The number of hydrogen-bond acceptors (Lipinski definition) is 2. The van der Waals surface area contributed by atoms with Crippen LogP contribution in [-0.4, -0.2) is 0 Å². The minimum absolute atomic E-state index is 0.623. The van der Waals surface area contributed by atoms with Crippen molar-refractivity contribution in [3.63, 3.8) is 0 Å². The van der Waals surface area contributed by atoms with Crippen LogP contribution in [0.25, 0.3) is 0 Å². The van der Waals surface area contributed by atoms with Crippen LogP contribution in [0.3, 0.4) is 0 Å². The summed E-state index contributed by atoms with van der Waals surface area (Å²) in [7, 11) is 0. The van der Waals surface area contributed by atoms with Gasteiger partial charge in [0.05, 0.1) is 0 Å². The maximum Gasteiger partial charge on any atom is 0.176 e. The van der Waals surface area contributed by atoms with E-state index in [9.17, 15) is 0 Å². The zero-order chi connectivity index (χ0) is 11.0. The molecule has 0 aromatic heterocycles. The van der Waals surface area contributed by atoms with Gasteiger partial charge in [-0.15, -0.1) is 0 Å². The van der Waals surface area contributed by atoms with Gasteiger partial charge in [0.2, 0.25) is 0 Å². The molecule has 0 aliphatic carbocycles. The number of rotatable bonds is 2. The highest BCUT2D eigenvalue weighted by Gasteiger charge is 1.94. The SMILES string of the molecule is CC.Cc1ccc(CNC#N)cc1C. The summed E-state index contributed by atoms with van der Waals surface area (Å²) in [6, 6.07) is 6.20. The van der Waals surface area contributed by atoms with E-state index in [1.54, 1.807) is 0 Å². The summed E-state index contributed by atoms with van der Waals surface area (Å²) in [6.07, 6.45) is 1.90. The van der Waals surface area contributed by atoms with E-state index in [4.69, 9.17) is 5.26 Å². The molecule has 0 bridgehead atoms. The number of nitriles is 1. The number of nitrogens with one attached hydrogen (secondary N) is 1. The van der Waals surface area contributed by atoms with Gasteiger partial charge >= 0.3 is 0 Å². The minimum atomic E-state index is 0.623. The van der Waals surface area contributed by atoms with Gasteiger partial charge < -0.3 is 5.32 Å². The van der Waals surface area contributed by atoms with Gasteiger partial charge in [-0.1, -0.05) is 32.0 Å². The second-order valence-electron chi connectivity index (χ2n) is 2.88. The van der Waals surface area contributed by atoms with Crippen molar-refractivity contribution in [1.82, 2.24) is 5.32 Å². The molecule has 0 fully saturated rings. The molecule has 0 spiro atoms. The molecule has 0 amide bonds. The first-order chi connectivity index (χ1) is 6.74. The van der Waals surface area contributed by atoms with E-state index < -0.39 is 0 Å². The van der Waals surface area contributed by atoms with E-state index in [1.165, 1.54) is 11.1 Å². The highest BCUT2D eigenvalue weighted by atomic mass is 14.8. The van der Waals surface area contributed by atoms with Gasteiger partial charge in [-0.25, -0.2) is 0 Å². The molecular weight excluding hydrogens is 172 g/mol. The third-order valence-electron chi connectivity index (χ3n) is 1.94. The Morgan fingerprint density at radius 1 is 1.21 bits per heavy atom. The van der Waals surface area contributed by atoms with Crippen molar-refractivity contribution >= 4 is 0 Å². The van der Waals surface area contributed by atoms with Crippen LogP contribution in [0, 0.1) is 25.3 Å². The minimum Gasteiger partial charge on any atom is -0.319 e. The van der Waals surface area contributed by atoms with Crippen molar-refractivity contribution in [2.24, 2.45) is 0 Å². The Kier molecular flexibility index (Phi) is 6.22. The van der Waals surface area contributed by atoms with Gasteiger partial charge in [0.25, 0.3) is 0 Å². The molecule has 1 aromatic rings. The predicted octanol–water partition coefficient (Wildman–Crippen LogP) is 2.90. The first-order valence-electron chi connectivity index (χ1n) is 4.92. The van der Waals surface area contributed by atoms with Crippen LogP contribution in [0.1, 0.15) is 30.5 Å². The third kappa shape index (κ3) is 3.95. The standard InChI is InChI=1S/C10H12N2.C2H6/c1-8-3-4-10(5-9(8)2)6-12-7-11;1-2/h3-5,12H,6H2,1-2H3;1-2H3. The maximum atomic E-state index is 8.29. The summed E-state index contributed by atoms with van der Waals surface area (Å²) in [5.74, 6) is 0. The number of benzene rings is 1. The summed E-state index contributed by atoms with van der Waals surface area (Å²) in [5, 5.41) is 10.9. The largest absolute Gasteiger partial charge is 0.319 e. The first-order valence-corrected chi connectivity index (χ1v) is 4.92. The Morgan fingerprint density at radius 3 is 2.36 bits per heavy atom. The van der Waals surface area contributed by atoms with E-state index in [0.717, 1.165) is 5.56 Å². The maximum absolute atomic E-state index is 8.29. The van der Waals surface area contributed by atoms with Gasteiger partial charge in [0.1, 0.15) is 0 Å². The van der Waals surface area contributed by atoms with Crippen molar-refractivity contribution in [2.75, 3.05) is 0 Å². The summed E-state index contributed by atoms with van der Waals surface area (Å²) in [4.78, 5) is 0. The highest BCUT2D eigenvalue weighted by molar-refractivity contribution is 5.29. The van der Waals surface area contributed by atoms with Gasteiger partial charge in [0.15, 0.2) is 6.19 Å². The van der Waals surface area contributed by atoms with Gasteiger partial charge in [0, 0.05) is 6.54 Å². The van der Waals surface area contributed by atoms with Gasteiger partial charge in [-0.05, 0) is 30.5 Å². The second-order valence-corrected chi connectivity index (χ2v) is 2.88. The Balaban J connectivity index is 0.000000791. The third-order valence-corrected chi connectivity index (χ3v) is 1.94. The Labute approximate surface area is 86.6 Å². The fourth-order valence-electron chi connectivity index (χ4n) is 1.06. The Hall–Kier alpha value is -1.49. The van der Waals surface area contributed by atoms with E-state index >= 15 is 0 Å². The average molecular weight is 190 g/mol. The van der Waals surface area contributed by atoms with Crippen LogP contribution < -0.4 is 5.32 Å². The van der Waals surface area contributed by atoms with Crippen molar-refractivity contribution in [3.05, 3.63) is 34.9 Å². The fraction of sp³-hybridized carbons (Fsp3) is 0.417. The zero-order valence-electron chi connectivity index (χ0n) is 9.39. The van der Waals surface area contributed by atoms with E-state index in [-0.39, 0.29) is 0 Å². The van der Waals surface area contributed by atoms with Crippen molar-refractivity contribution in [2.45, 2.75) is 34.2 Å². The van der Waals surface area contributed by atoms with Crippen LogP contribution in [0.15, 0.2) is 18.2 Å². The molecule has 2 heteroatoms. The molecule has 1 rings (SSSR count). The molecule has 0 atom stereocenters. The summed E-state index contributed by atoms with van der Waals surface area (Å²) >= 11 is 0. The molecule has 0 saturated heterocycles. The first kappa shape index (κ1) is 12.5. The van der Waals surface area contributed by atoms with Crippen LogP contribution in [0.2, 0.25) is 0 Å². The monoisotopic (exact) mass is 190 g/mol. The van der Waals surface area contributed by atoms with Crippen LogP contribution in [0.4, 0.5) is 0 Å². The lowest BCUT2D eigenvalue weighted by molar-refractivity contribution is 0.882. The lowest BCUT2D eigenvalue weighted by Gasteiger charge is -2.03. The summed E-state index contributed by atoms with van der Waals surface area (Å²) in [6.45, 7) is 8.78. The summed E-state index contributed by atoms with van der Waals surface area (Å²) in [5.41, 5.74) is 3.71. The Morgan fingerprint density at radius 2 is 1.86 bits per heavy atom. The van der Waals surface area contributed by atoms with Gasteiger partial charge in [-0.3, -0.25) is 0 Å². The molecule has 2 nitrogen and oxygen atoms in total. The zero-order valence-corrected chi connectivity index (χ0v) is 9.39. The van der Waals surface area contributed by atoms with E-state index in [0.29, 0.717) is 6.54 Å². The number of aryl methyl sites for hydroxylation is 2. The molecule has 0 heterocycles. The Bertz CT molecular complexity index is 311. The molecule has 0 aliphatic rings. The van der Waals surface area contributed by atoms with Crippen LogP contribution >= 0.6 is 0 Å². The fourth-order valence-corrected chi connectivity index (χ4v) is 1.06.